The molecule has 0 aliphatic carbocycles. The predicted octanol–water partition coefficient (Wildman–Crippen LogP) is 2.59. The molecule has 0 spiro atoms. The van der Waals surface area contributed by atoms with Crippen LogP contribution in [0.4, 0.5) is 0 Å². The molecule has 0 unspecified atom stereocenters. The van der Waals surface area contributed by atoms with Crippen LogP contribution in [0.15, 0.2) is 18.2 Å². The van der Waals surface area contributed by atoms with Crippen LogP contribution < -0.4 is 0 Å². The van der Waals surface area contributed by atoms with Gasteiger partial charge in [-0.3, -0.25) is 0 Å². The van der Waals surface area contributed by atoms with E-state index in [-0.39, 0.29) is 0 Å². The molecule has 0 saturated heterocycles. The van der Waals surface area contributed by atoms with Gasteiger partial charge in [0.2, 0.25) is 0 Å². The first kappa shape index (κ1) is 7.88. The molecule has 0 heterocycles. The van der Waals surface area contributed by atoms with Crippen molar-refractivity contribution in [2.75, 3.05) is 0 Å². The first-order valence-corrected chi connectivity index (χ1v) is 3.73. The highest BCUT2D eigenvalue weighted by Crippen LogP contribution is 2.17. The summed E-state index contributed by atoms with van der Waals surface area (Å²) in [6.45, 7) is 4.26. The van der Waals surface area contributed by atoms with E-state index < -0.39 is 0 Å². The topological polar surface area (TPSA) is 0 Å². The quantitative estimate of drug-likeness (QED) is 0.530. The Morgan fingerprint density at radius 3 is 2.73 bits per heavy atom. The van der Waals surface area contributed by atoms with Crippen LogP contribution in [0, 0.1) is 18.4 Å². The predicted molar refractivity (Wildman–Crippen MR) is 47.3 cm³/mol. The van der Waals surface area contributed by atoms with E-state index in [9.17, 15) is 0 Å². The number of hydrogen-bond donors (Lipinski definition) is 0. The van der Waals surface area contributed by atoms with E-state index in [0.29, 0.717) is 5.92 Å². The normalized spacial score (nSPS) is 9.64. The molecule has 0 fully saturated rings. The van der Waals surface area contributed by atoms with Crippen molar-refractivity contribution in [2.24, 2.45) is 0 Å². The zero-order valence-electron chi connectivity index (χ0n) is 6.89. The summed E-state index contributed by atoms with van der Waals surface area (Å²) in [6, 6.07) is 8.90. The summed E-state index contributed by atoms with van der Waals surface area (Å²) in [4.78, 5) is 0. The molecule has 11 heavy (non-hydrogen) atoms. The molecule has 0 aromatic heterocycles. The Morgan fingerprint density at radius 1 is 1.55 bits per heavy atom. The van der Waals surface area contributed by atoms with E-state index in [4.69, 9.17) is 6.42 Å². The molecule has 0 atom stereocenters. The standard InChI is InChI=1S/C11H11/c1-4-10-7-5-6-8-11(10)9(2)3/h1,5-6,8-9H,2-3H3. The van der Waals surface area contributed by atoms with Gasteiger partial charge >= 0.3 is 0 Å². The van der Waals surface area contributed by atoms with Crippen molar-refractivity contribution < 1.29 is 0 Å². The summed E-state index contributed by atoms with van der Waals surface area (Å²) in [7, 11) is 0. The van der Waals surface area contributed by atoms with Crippen LogP contribution >= 0.6 is 0 Å². The van der Waals surface area contributed by atoms with E-state index in [0.717, 1.165) is 5.56 Å². The van der Waals surface area contributed by atoms with Crippen molar-refractivity contribution in [3.05, 3.63) is 35.4 Å². The van der Waals surface area contributed by atoms with Gasteiger partial charge in [0.05, 0.1) is 0 Å². The van der Waals surface area contributed by atoms with Gasteiger partial charge in [0.25, 0.3) is 0 Å². The molecule has 0 heteroatoms. The minimum atomic E-state index is 0.485. The van der Waals surface area contributed by atoms with Gasteiger partial charge in [-0.25, -0.2) is 0 Å². The smallest absolute Gasteiger partial charge is 0.0356 e. The molecular formula is C11H11. The summed E-state index contributed by atoms with van der Waals surface area (Å²) >= 11 is 0. The lowest BCUT2D eigenvalue weighted by molar-refractivity contribution is 0.863. The Labute approximate surface area is 68.3 Å². The van der Waals surface area contributed by atoms with Gasteiger partial charge in [-0.15, -0.1) is 6.42 Å². The van der Waals surface area contributed by atoms with Crippen molar-refractivity contribution in [3.8, 4) is 12.3 Å². The second-order valence-electron chi connectivity index (χ2n) is 2.80. The van der Waals surface area contributed by atoms with Crippen LogP contribution in [0.2, 0.25) is 0 Å². The molecule has 0 amide bonds. The van der Waals surface area contributed by atoms with Gasteiger partial charge < -0.3 is 0 Å². The Morgan fingerprint density at radius 2 is 2.27 bits per heavy atom. The summed E-state index contributed by atoms with van der Waals surface area (Å²) in [5.74, 6) is 3.11. The van der Waals surface area contributed by atoms with Gasteiger partial charge in [-0.05, 0) is 17.5 Å². The van der Waals surface area contributed by atoms with Crippen molar-refractivity contribution in [3.63, 3.8) is 0 Å². The van der Waals surface area contributed by atoms with Gasteiger partial charge in [0, 0.05) is 5.56 Å². The molecule has 1 rings (SSSR count). The van der Waals surface area contributed by atoms with Crippen LogP contribution in [0.5, 0.6) is 0 Å². The summed E-state index contributed by atoms with van der Waals surface area (Å²) in [5, 5.41) is 0. The maximum atomic E-state index is 5.31. The Bertz CT molecular complexity index is 276. The van der Waals surface area contributed by atoms with Crippen LogP contribution in [0.25, 0.3) is 0 Å². The molecule has 0 N–H and O–H groups in total. The molecule has 0 nitrogen and oxygen atoms in total. The van der Waals surface area contributed by atoms with E-state index >= 15 is 0 Å². The first-order chi connectivity index (χ1) is 5.25. The van der Waals surface area contributed by atoms with E-state index in [1.54, 1.807) is 0 Å². The monoisotopic (exact) mass is 143 g/mol. The second kappa shape index (κ2) is 3.25. The summed E-state index contributed by atoms with van der Waals surface area (Å²) in [6.07, 6.45) is 5.31. The van der Waals surface area contributed by atoms with Crippen LogP contribution in [-0.2, 0) is 0 Å². The van der Waals surface area contributed by atoms with Gasteiger partial charge in [-0.1, -0.05) is 38.0 Å². The molecule has 0 saturated carbocycles. The molecule has 55 valence electrons. The highest BCUT2D eigenvalue weighted by atomic mass is 14.1. The fraction of sp³-hybridized carbons (Fsp3) is 0.273. The maximum Gasteiger partial charge on any atom is 0.0356 e. The fourth-order valence-corrected chi connectivity index (χ4v) is 1.06. The van der Waals surface area contributed by atoms with Gasteiger partial charge in [-0.2, -0.15) is 0 Å². The minimum Gasteiger partial charge on any atom is -0.115 e. The SMILES string of the molecule is C#Cc1[c]cccc1C(C)C. The molecule has 1 radical (unpaired) electrons. The van der Waals surface area contributed by atoms with Crippen molar-refractivity contribution in [1.82, 2.24) is 0 Å². The number of hydrogen-bond acceptors (Lipinski definition) is 0. The number of terminal acetylenes is 1. The second-order valence-corrected chi connectivity index (χ2v) is 2.80. The van der Waals surface area contributed by atoms with Crippen molar-refractivity contribution >= 4 is 0 Å². The lowest BCUT2D eigenvalue weighted by Gasteiger charge is -2.06. The number of rotatable bonds is 1. The Hall–Kier alpha value is -1.22. The molecule has 0 aliphatic rings. The third-order valence-electron chi connectivity index (χ3n) is 1.65. The average Bonchev–Trinajstić information content (AvgIpc) is 2.04. The van der Waals surface area contributed by atoms with Gasteiger partial charge in [0.15, 0.2) is 0 Å². The lowest BCUT2D eigenvalue weighted by Crippen LogP contribution is -1.91. The van der Waals surface area contributed by atoms with Crippen molar-refractivity contribution in [2.45, 2.75) is 19.8 Å². The molecule has 1 aromatic carbocycles. The van der Waals surface area contributed by atoms with Crippen LogP contribution in [0.3, 0.4) is 0 Å². The van der Waals surface area contributed by atoms with Crippen molar-refractivity contribution in [1.29, 1.82) is 0 Å². The van der Waals surface area contributed by atoms with E-state index in [1.165, 1.54) is 5.56 Å². The fourth-order valence-electron chi connectivity index (χ4n) is 1.06. The summed E-state index contributed by atoms with van der Waals surface area (Å²) in [5.41, 5.74) is 2.09. The Balaban J connectivity index is 3.15. The number of benzene rings is 1. The minimum absolute atomic E-state index is 0.485. The summed E-state index contributed by atoms with van der Waals surface area (Å²) < 4.78 is 0. The lowest BCUT2D eigenvalue weighted by atomic mass is 9.98. The molecular weight excluding hydrogens is 132 g/mol. The highest BCUT2D eigenvalue weighted by molar-refractivity contribution is 5.40. The highest BCUT2D eigenvalue weighted by Gasteiger charge is 2.02. The Kier molecular flexibility index (Phi) is 2.33. The van der Waals surface area contributed by atoms with Crippen LogP contribution in [0.1, 0.15) is 30.9 Å². The molecule has 0 bridgehead atoms. The van der Waals surface area contributed by atoms with E-state index in [1.807, 2.05) is 12.1 Å². The third-order valence-corrected chi connectivity index (χ3v) is 1.65. The zero-order valence-corrected chi connectivity index (χ0v) is 6.89. The average molecular weight is 143 g/mol. The van der Waals surface area contributed by atoms with Gasteiger partial charge in [0.1, 0.15) is 0 Å². The third kappa shape index (κ3) is 1.62. The van der Waals surface area contributed by atoms with E-state index in [2.05, 4.69) is 31.9 Å². The maximum absolute atomic E-state index is 5.31. The zero-order chi connectivity index (χ0) is 8.27. The van der Waals surface area contributed by atoms with Crippen LogP contribution in [-0.4, -0.2) is 0 Å². The molecule has 1 aromatic rings. The first-order valence-electron chi connectivity index (χ1n) is 3.73. The largest absolute Gasteiger partial charge is 0.115 e. The molecule has 0 aliphatic heterocycles.